The van der Waals surface area contributed by atoms with Gasteiger partial charge in [-0.25, -0.2) is 0 Å². The molecular weight excluding hydrogens is 208 g/mol. The number of carbonyl (C=O) groups excluding carboxylic acids is 1. The van der Waals surface area contributed by atoms with Crippen molar-refractivity contribution in [2.75, 3.05) is 13.4 Å². The molecule has 0 fully saturated rings. The first kappa shape index (κ1) is 11.0. The average Bonchev–Trinajstić information content (AvgIpc) is 2.72. The number of ether oxygens (including phenoxy) is 3. The maximum atomic E-state index is 11.7. The third kappa shape index (κ3) is 2.33. The Morgan fingerprint density at radius 1 is 1.38 bits per heavy atom. The summed E-state index contributed by atoms with van der Waals surface area (Å²) in [6, 6.07) is 5.15. The van der Waals surface area contributed by atoms with E-state index < -0.39 is 0 Å². The van der Waals surface area contributed by atoms with Crippen molar-refractivity contribution >= 4 is 5.78 Å². The summed E-state index contributed by atoms with van der Waals surface area (Å²) >= 11 is 0. The fourth-order valence-corrected chi connectivity index (χ4v) is 1.40. The summed E-state index contributed by atoms with van der Waals surface area (Å²) in [5.41, 5.74) is 0.588. The number of Topliss-reactive ketones (excluding diaryl/α,β-unsaturated/α-hetero) is 1. The molecule has 1 aliphatic rings. The molecule has 0 aromatic heterocycles. The van der Waals surface area contributed by atoms with Crippen molar-refractivity contribution in [3.05, 3.63) is 23.8 Å². The first-order valence-corrected chi connectivity index (χ1v) is 5.21. The Morgan fingerprint density at radius 3 is 2.88 bits per heavy atom. The van der Waals surface area contributed by atoms with E-state index in [0.717, 1.165) is 0 Å². The fourth-order valence-electron chi connectivity index (χ4n) is 1.40. The van der Waals surface area contributed by atoms with Crippen LogP contribution in [0.3, 0.4) is 0 Å². The number of hydrogen-bond acceptors (Lipinski definition) is 4. The maximum absolute atomic E-state index is 11.7. The van der Waals surface area contributed by atoms with E-state index in [2.05, 4.69) is 0 Å². The lowest BCUT2D eigenvalue weighted by molar-refractivity contribution is 0.0584. The van der Waals surface area contributed by atoms with Gasteiger partial charge in [0.25, 0.3) is 0 Å². The van der Waals surface area contributed by atoms with Gasteiger partial charge in [-0.15, -0.1) is 0 Å². The lowest BCUT2D eigenvalue weighted by atomic mass is 10.1. The maximum Gasteiger partial charge on any atom is 0.231 e. The minimum absolute atomic E-state index is 0.0491. The van der Waals surface area contributed by atoms with E-state index >= 15 is 0 Å². The molecule has 0 radical (unpaired) electrons. The van der Waals surface area contributed by atoms with Crippen LogP contribution in [0.1, 0.15) is 24.2 Å². The van der Waals surface area contributed by atoms with Gasteiger partial charge in [-0.2, -0.15) is 0 Å². The van der Waals surface area contributed by atoms with Gasteiger partial charge in [-0.1, -0.05) is 0 Å². The molecule has 1 aromatic carbocycles. The standard InChI is InChI=1S/C12H14O4/c1-8(2)14-6-10(13)9-3-4-11-12(5-9)16-7-15-11/h3-5,8H,6-7H2,1-2H3. The second-order valence-corrected chi connectivity index (χ2v) is 3.85. The normalized spacial score (nSPS) is 13.2. The van der Waals surface area contributed by atoms with Crippen LogP contribution in [0.5, 0.6) is 11.5 Å². The molecule has 0 spiro atoms. The summed E-state index contributed by atoms with van der Waals surface area (Å²) in [5.74, 6) is 1.25. The summed E-state index contributed by atoms with van der Waals surface area (Å²) < 4.78 is 15.6. The van der Waals surface area contributed by atoms with Crippen LogP contribution in [-0.2, 0) is 4.74 Å². The molecule has 0 unspecified atom stereocenters. The van der Waals surface area contributed by atoms with E-state index in [1.54, 1.807) is 18.2 Å². The number of ketones is 1. The molecule has 4 nitrogen and oxygen atoms in total. The number of hydrogen-bond donors (Lipinski definition) is 0. The zero-order valence-electron chi connectivity index (χ0n) is 9.36. The van der Waals surface area contributed by atoms with Gasteiger partial charge in [0, 0.05) is 5.56 Å². The Balaban J connectivity index is 2.06. The Morgan fingerprint density at radius 2 is 2.12 bits per heavy atom. The van der Waals surface area contributed by atoms with Crippen molar-refractivity contribution in [3.8, 4) is 11.5 Å². The molecule has 0 amide bonds. The van der Waals surface area contributed by atoms with Crippen LogP contribution >= 0.6 is 0 Å². The molecule has 0 N–H and O–H groups in total. The third-order valence-corrected chi connectivity index (χ3v) is 2.24. The van der Waals surface area contributed by atoms with Gasteiger partial charge in [0.2, 0.25) is 6.79 Å². The van der Waals surface area contributed by atoms with E-state index in [-0.39, 0.29) is 25.3 Å². The molecule has 4 heteroatoms. The zero-order valence-corrected chi connectivity index (χ0v) is 9.36. The summed E-state index contributed by atoms with van der Waals surface area (Å²) in [6.07, 6.45) is 0.0537. The Kier molecular flexibility index (Phi) is 3.10. The van der Waals surface area contributed by atoms with Crippen molar-refractivity contribution in [2.45, 2.75) is 20.0 Å². The van der Waals surface area contributed by atoms with Gasteiger partial charge < -0.3 is 14.2 Å². The first-order valence-electron chi connectivity index (χ1n) is 5.21. The molecule has 0 atom stereocenters. The lowest BCUT2D eigenvalue weighted by Gasteiger charge is -2.06. The summed E-state index contributed by atoms with van der Waals surface area (Å²) in [4.78, 5) is 11.7. The topological polar surface area (TPSA) is 44.8 Å². The number of rotatable bonds is 4. The largest absolute Gasteiger partial charge is 0.454 e. The molecule has 16 heavy (non-hydrogen) atoms. The number of carbonyl (C=O) groups is 1. The van der Waals surface area contributed by atoms with E-state index in [9.17, 15) is 4.79 Å². The van der Waals surface area contributed by atoms with Crippen molar-refractivity contribution in [1.29, 1.82) is 0 Å². The van der Waals surface area contributed by atoms with E-state index in [1.165, 1.54) is 0 Å². The van der Waals surface area contributed by atoms with Gasteiger partial charge in [-0.3, -0.25) is 4.79 Å². The molecule has 0 bridgehead atoms. The minimum atomic E-state index is -0.0491. The van der Waals surface area contributed by atoms with Gasteiger partial charge in [0.15, 0.2) is 17.3 Å². The van der Waals surface area contributed by atoms with Crippen LogP contribution in [-0.4, -0.2) is 25.3 Å². The molecule has 2 rings (SSSR count). The van der Waals surface area contributed by atoms with E-state index in [4.69, 9.17) is 14.2 Å². The Hall–Kier alpha value is -1.55. The number of fused-ring (bicyclic) bond motifs is 1. The summed E-state index contributed by atoms with van der Waals surface area (Å²) in [5, 5.41) is 0. The van der Waals surface area contributed by atoms with Gasteiger partial charge >= 0.3 is 0 Å². The molecular formula is C12H14O4. The molecule has 1 aliphatic heterocycles. The van der Waals surface area contributed by atoms with Crippen molar-refractivity contribution < 1.29 is 19.0 Å². The average molecular weight is 222 g/mol. The highest BCUT2D eigenvalue weighted by Crippen LogP contribution is 2.32. The minimum Gasteiger partial charge on any atom is -0.454 e. The highest BCUT2D eigenvalue weighted by molar-refractivity contribution is 5.97. The SMILES string of the molecule is CC(C)OCC(=O)c1ccc2c(c1)OCO2. The predicted octanol–water partition coefficient (Wildman–Crippen LogP) is 2.02. The van der Waals surface area contributed by atoms with E-state index in [0.29, 0.717) is 17.1 Å². The van der Waals surface area contributed by atoms with Crippen molar-refractivity contribution in [2.24, 2.45) is 0 Å². The van der Waals surface area contributed by atoms with Crippen LogP contribution < -0.4 is 9.47 Å². The Bertz CT molecular complexity index is 398. The van der Waals surface area contributed by atoms with Crippen LogP contribution in [0.4, 0.5) is 0 Å². The van der Waals surface area contributed by atoms with Crippen LogP contribution in [0, 0.1) is 0 Å². The molecule has 0 saturated heterocycles. The van der Waals surface area contributed by atoms with Gasteiger partial charge in [0.05, 0.1) is 6.10 Å². The second kappa shape index (κ2) is 4.53. The third-order valence-electron chi connectivity index (χ3n) is 2.24. The van der Waals surface area contributed by atoms with Gasteiger partial charge in [0.1, 0.15) is 6.61 Å². The lowest BCUT2D eigenvalue weighted by Crippen LogP contribution is -2.13. The van der Waals surface area contributed by atoms with Gasteiger partial charge in [-0.05, 0) is 32.0 Å². The predicted molar refractivity (Wildman–Crippen MR) is 58.0 cm³/mol. The van der Waals surface area contributed by atoms with Crippen molar-refractivity contribution in [1.82, 2.24) is 0 Å². The fraction of sp³-hybridized carbons (Fsp3) is 0.417. The molecule has 0 saturated carbocycles. The first-order chi connectivity index (χ1) is 7.66. The van der Waals surface area contributed by atoms with Crippen LogP contribution in [0.2, 0.25) is 0 Å². The zero-order chi connectivity index (χ0) is 11.5. The highest BCUT2D eigenvalue weighted by Gasteiger charge is 2.16. The smallest absolute Gasteiger partial charge is 0.231 e. The van der Waals surface area contributed by atoms with E-state index in [1.807, 2.05) is 13.8 Å². The monoisotopic (exact) mass is 222 g/mol. The van der Waals surface area contributed by atoms with Crippen molar-refractivity contribution in [3.63, 3.8) is 0 Å². The molecule has 0 aliphatic carbocycles. The summed E-state index contributed by atoms with van der Waals surface area (Å²) in [6.45, 7) is 4.10. The Labute approximate surface area is 94.1 Å². The number of benzene rings is 1. The molecule has 86 valence electrons. The molecule has 1 aromatic rings. The highest BCUT2D eigenvalue weighted by atomic mass is 16.7. The second-order valence-electron chi connectivity index (χ2n) is 3.85. The molecule has 1 heterocycles. The summed E-state index contributed by atoms with van der Waals surface area (Å²) in [7, 11) is 0. The quantitative estimate of drug-likeness (QED) is 0.731. The van der Waals surface area contributed by atoms with Crippen LogP contribution in [0.15, 0.2) is 18.2 Å². The van der Waals surface area contributed by atoms with Crippen LogP contribution in [0.25, 0.3) is 0 Å².